The number of imide groups is 1. The van der Waals surface area contributed by atoms with Crippen LogP contribution in [0.15, 0.2) is 42.5 Å². The molecule has 1 aliphatic heterocycles. The molecule has 140 valence electrons. The van der Waals surface area contributed by atoms with Gasteiger partial charge in [0.15, 0.2) is 0 Å². The number of benzene rings is 2. The highest BCUT2D eigenvalue weighted by Gasteiger charge is 2.49. The van der Waals surface area contributed by atoms with Crippen molar-refractivity contribution in [2.75, 3.05) is 6.54 Å². The van der Waals surface area contributed by atoms with Gasteiger partial charge in [-0.1, -0.05) is 18.2 Å². The van der Waals surface area contributed by atoms with Crippen LogP contribution in [0.1, 0.15) is 23.6 Å². The van der Waals surface area contributed by atoms with Gasteiger partial charge in [0.2, 0.25) is 0 Å². The maximum absolute atomic E-state index is 13.1. The second kappa shape index (κ2) is 6.83. The van der Waals surface area contributed by atoms with E-state index in [1.165, 1.54) is 31.2 Å². The lowest BCUT2D eigenvalue weighted by molar-refractivity contribution is -0.140. The quantitative estimate of drug-likeness (QED) is 0.510. The van der Waals surface area contributed by atoms with Crippen LogP contribution in [0.2, 0.25) is 0 Å². The molecule has 1 aliphatic rings. The second-order valence-electron chi connectivity index (χ2n) is 6.75. The van der Waals surface area contributed by atoms with Gasteiger partial charge in [0.25, 0.3) is 5.91 Å². The van der Waals surface area contributed by atoms with E-state index in [-0.39, 0.29) is 0 Å². The molecule has 0 spiro atoms. The minimum atomic E-state index is -1.37. The molecule has 1 unspecified atom stereocenters. The van der Waals surface area contributed by atoms with Crippen molar-refractivity contribution in [3.8, 4) is 5.75 Å². The molecule has 2 aromatic rings. The summed E-state index contributed by atoms with van der Waals surface area (Å²) < 4.78 is 18.4. The number of carbonyl (C=O) groups is 3. The predicted octanol–water partition coefficient (Wildman–Crippen LogP) is 2.82. The summed E-state index contributed by atoms with van der Waals surface area (Å²) in [6, 6.07) is 9.87. The maximum atomic E-state index is 13.1. The molecule has 1 N–H and O–H groups in total. The van der Waals surface area contributed by atoms with Gasteiger partial charge in [-0.3, -0.25) is 9.69 Å². The highest BCUT2D eigenvalue weighted by Crippen LogP contribution is 2.29. The molecule has 0 aliphatic carbocycles. The van der Waals surface area contributed by atoms with E-state index in [0.29, 0.717) is 11.3 Å². The Hall–Kier alpha value is -3.22. The van der Waals surface area contributed by atoms with Crippen LogP contribution in [-0.2, 0) is 15.1 Å². The number of nitrogens with zero attached hydrogens (tertiary/aromatic N) is 1. The largest absolute Gasteiger partial charge is 0.425 e. The Balaban J connectivity index is 1.75. The van der Waals surface area contributed by atoms with Gasteiger partial charge in [-0.15, -0.1) is 0 Å². The summed E-state index contributed by atoms with van der Waals surface area (Å²) in [4.78, 5) is 38.0. The van der Waals surface area contributed by atoms with Crippen molar-refractivity contribution in [3.63, 3.8) is 0 Å². The van der Waals surface area contributed by atoms with E-state index >= 15 is 0 Å². The molecule has 1 heterocycles. The molecule has 0 bridgehead atoms. The average molecular weight is 370 g/mol. The monoisotopic (exact) mass is 370 g/mol. The fourth-order valence-corrected chi connectivity index (χ4v) is 3.10. The maximum Gasteiger partial charge on any atom is 0.331 e. The van der Waals surface area contributed by atoms with Crippen LogP contribution in [0, 0.1) is 19.7 Å². The number of hydrogen-bond acceptors (Lipinski definition) is 4. The molecule has 3 amide bonds. The third-order valence-electron chi connectivity index (χ3n) is 4.41. The standard InChI is InChI=1S/C20H19FN2O4/c1-12-8-13(2)10-16(9-12)27-17(24)11-23-18(25)20(3,22-19(23)26)14-4-6-15(21)7-5-14/h4-10H,11H2,1-3H3,(H,22,26). The van der Waals surface area contributed by atoms with Crippen LogP contribution in [0.3, 0.4) is 0 Å². The van der Waals surface area contributed by atoms with Crippen molar-refractivity contribution in [1.29, 1.82) is 0 Å². The minimum absolute atomic E-state index is 0.353. The highest BCUT2D eigenvalue weighted by molar-refractivity contribution is 6.08. The molecular formula is C20H19FN2O4. The molecule has 0 radical (unpaired) electrons. The normalized spacial score (nSPS) is 19.2. The van der Waals surface area contributed by atoms with Crippen LogP contribution in [0.4, 0.5) is 9.18 Å². The molecule has 0 saturated carbocycles. The third kappa shape index (κ3) is 3.67. The third-order valence-corrected chi connectivity index (χ3v) is 4.41. The van der Waals surface area contributed by atoms with Crippen LogP contribution >= 0.6 is 0 Å². The Labute approximate surface area is 155 Å². The Morgan fingerprint density at radius 2 is 1.70 bits per heavy atom. The molecule has 1 saturated heterocycles. The predicted molar refractivity (Wildman–Crippen MR) is 95.5 cm³/mol. The zero-order chi connectivity index (χ0) is 19.8. The number of aryl methyl sites for hydroxylation is 2. The van der Waals surface area contributed by atoms with E-state index in [2.05, 4.69) is 5.32 Å². The van der Waals surface area contributed by atoms with Gasteiger partial charge in [-0.2, -0.15) is 0 Å². The molecular weight excluding hydrogens is 351 g/mol. The summed E-state index contributed by atoms with van der Waals surface area (Å²) >= 11 is 0. The SMILES string of the molecule is Cc1cc(C)cc(OC(=O)CN2C(=O)NC(C)(c3ccc(F)cc3)C2=O)c1. The molecule has 27 heavy (non-hydrogen) atoms. The Morgan fingerprint density at radius 1 is 1.11 bits per heavy atom. The van der Waals surface area contributed by atoms with Crippen molar-refractivity contribution in [1.82, 2.24) is 10.2 Å². The van der Waals surface area contributed by atoms with Crippen molar-refractivity contribution >= 4 is 17.9 Å². The van der Waals surface area contributed by atoms with E-state index in [4.69, 9.17) is 4.74 Å². The fraction of sp³-hybridized carbons (Fsp3) is 0.250. The first kappa shape index (κ1) is 18.6. The fourth-order valence-electron chi connectivity index (χ4n) is 3.10. The summed E-state index contributed by atoms with van der Waals surface area (Å²) in [5.41, 5.74) is 0.908. The van der Waals surface area contributed by atoms with Crippen LogP contribution in [0.25, 0.3) is 0 Å². The number of hydrogen-bond donors (Lipinski definition) is 1. The number of urea groups is 1. The Kier molecular flexibility index (Phi) is 4.70. The van der Waals surface area contributed by atoms with Crippen molar-refractivity contribution in [3.05, 3.63) is 65.0 Å². The molecule has 2 aromatic carbocycles. The summed E-state index contributed by atoms with van der Waals surface area (Å²) in [5, 5.41) is 2.56. The number of carbonyl (C=O) groups excluding carboxylic acids is 3. The lowest BCUT2D eigenvalue weighted by Gasteiger charge is -2.22. The number of esters is 1. The van der Waals surface area contributed by atoms with Gasteiger partial charge >= 0.3 is 12.0 Å². The minimum Gasteiger partial charge on any atom is -0.425 e. The number of halogens is 1. The second-order valence-corrected chi connectivity index (χ2v) is 6.75. The first-order valence-electron chi connectivity index (χ1n) is 8.38. The van der Waals surface area contributed by atoms with Gasteiger partial charge in [0.05, 0.1) is 0 Å². The van der Waals surface area contributed by atoms with Crippen molar-refractivity contribution in [2.24, 2.45) is 0 Å². The summed E-state index contributed by atoms with van der Waals surface area (Å²) in [5.74, 6) is -1.43. The van der Waals surface area contributed by atoms with E-state index in [1.54, 1.807) is 12.1 Å². The number of rotatable bonds is 4. The average Bonchev–Trinajstić information content (AvgIpc) is 2.78. The molecule has 1 fully saturated rings. The van der Waals surface area contributed by atoms with Crippen LogP contribution in [0.5, 0.6) is 5.75 Å². The highest BCUT2D eigenvalue weighted by atomic mass is 19.1. The topological polar surface area (TPSA) is 75.7 Å². The van der Waals surface area contributed by atoms with E-state index < -0.39 is 35.8 Å². The Bertz CT molecular complexity index is 906. The summed E-state index contributed by atoms with van der Waals surface area (Å²) in [6.45, 7) is 4.73. The first-order chi connectivity index (χ1) is 12.7. The molecule has 0 aromatic heterocycles. The van der Waals surface area contributed by atoms with Gasteiger partial charge in [-0.25, -0.2) is 14.0 Å². The van der Waals surface area contributed by atoms with Crippen molar-refractivity contribution < 1.29 is 23.5 Å². The molecule has 6 nitrogen and oxygen atoms in total. The van der Waals surface area contributed by atoms with E-state index in [1.807, 2.05) is 19.9 Å². The lowest BCUT2D eigenvalue weighted by atomic mass is 9.92. The molecule has 3 rings (SSSR count). The van der Waals surface area contributed by atoms with Gasteiger partial charge in [0.1, 0.15) is 23.7 Å². The van der Waals surface area contributed by atoms with Crippen LogP contribution in [-0.4, -0.2) is 29.4 Å². The smallest absolute Gasteiger partial charge is 0.331 e. The van der Waals surface area contributed by atoms with E-state index in [9.17, 15) is 18.8 Å². The number of amides is 3. The Morgan fingerprint density at radius 3 is 2.30 bits per heavy atom. The summed E-state index contributed by atoms with van der Waals surface area (Å²) in [7, 11) is 0. The lowest BCUT2D eigenvalue weighted by Crippen LogP contribution is -2.42. The molecule has 7 heteroatoms. The number of nitrogens with one attached hydrogen (secondary N) is 1. The van der Waals surface area contributed by atoms with Gasteiger partial charge < -0.3 is 10.1 Å². The van der Waals surface area contributed by atoms with E-state index in [0.717, 1.165) is 16.0 Å². The van der Waals surface area contributed by atoms with Gasteiger partial charge in [-0.05, 0) is 61.7 Å². The zero-order valence-corrected chi connectivity index (χ0v) is 15.2. The van der Waals surface area contributed by atoms with Crippen LogP contribution < -0.4 is 10.1 Å². The summed E-state index contributed by atoms with van der Waals surface area (Å²) in [6.07, 6.45) is 0. The zero-order valence-electron chi connectivity index (χ0n) is 15.2. The first-order valence-corrected chi connectivity index (χ1v) is 8.38. The van der Waals surface area contributed by atoms with Gasteiger partial charge in [0, 0.05) is 0 Å². The van der Waals surface area contributed by atoms with Crippen molar-refractivity contribution in [2.45, 2.75) is 26.3 Å². The number of ether oxygens (including phenoxy) is 1. The molecule has 1 atom stereocenters.